The van der Waals surface area contributed by atoms with Gasteiger partial charge in [-0.25, -0.2) is 0 Å². The van der Waals surface area contributed by atoms with Crippen LogP contribution >= 0.6 is 23.4 Å². The van der Waals surface area contributed by atoms with Crippen LogP contribution in [0.5, 0.6) is 0 Å². The summed E-state index contributed by atoms with van der Waals surface area (Å²) in [5.74, 6) is 3.31. The van der Waals surface area contributed by atoms with Gasteiger partial charge < -0.3 is 9.84 Å². The number of nitrogens with zero attached hydrogens (tertiary/aromatic N) is 3. The lowest BCUT2D eigenvalue weighted by Gasteiger charge is -2.30. The maximum Gasteiger partial charge on any atom is 0.241 e. The fourth-order valence-electron chi connectivity index (χ4n) is 4.20. The number of carbonyl (C=O) groups is 1. The molecule has 3 aromatic rings. The highest BCUT2D eigenvalue weighted by Crippen LogP contribution is 2.22. The largest absolute Gasteiger partial charge is 0.356 e. The molecule has 1 N–H and O–H groups in total. The summed E-state index contributed by atoms with van der Waals surface area (Å²) < 4.78 is 5.50. The van der Waals surface area contributed by atoms with Crippen LogP contribution in [0.15, 0.2) is 53.1 Å². The van der Waals surface area contributed by atoms with Gasteiger partial charge in [0, 0.05) is 29.4 Å². The van der Waals surface area contributed by atoms with Crippen LogP contribution in [0.2, 0.25) is 5.02 Å². The summed E-state index contributed by atoms with van der Waals surface area (Å²) in [5.41, 5.74) is 3.34. The Morgan fingerprint density at radius 3 is 3.00 bits per heavy atom. The topological polar surface area (TPSA) is 71.3 Å². The Balaban J connectivity index is 1.17. The normalized spacial score (nSPS) is 16.5. The summed E-state index contributed by atoms with van der Waals surface area (Å²) in [7, 11) is 0. The van der Waals surface area contributed by atoms with Gasteiger partial charge in [-0.15, -0.1) is 0 Å². The molecule has 1 saturated heterocycles. The Morgan fingerprint density at radius 2 is 2.15 bits per heavy atom. The number of rotatable bonds is 10. The van der Waals surface area contributed by atoms with E-state index in [9.17, 15) is 4.79 Å². The molecule has 0 bridgehead atoms. The molecule has 0 spiro atoms. The van der Waals surface area contributed by atoms with Crippen molar-refractivity contribution in [1.29, 1.82) is 0 Å². The molecule has 0 radical (unpaired) electrons. The third kappa shape index (κ3) is 7.08. The number of nitrogens with one attached hydrogen (secondary N) is 1. The van der Waals surface area contributed by atoms with Crippen LogP contribution in [0.1, 0.15) is 36.3 Å². The van der Waals surface area contributed by atoms with E-state index in [1.54, 1.807) is 0 Å². The van der Waals surface area contributed by atoms with Crippen molar-refractivity contribution in [2.45, 2.75) is 38.5 Å². The first-order valence-corrected chi connectivity index (χ1v) is 13.3. The van der Waals surface area contributed by atoms with Crippen LogP contribution in [0.4, 0.5) is 0 Å². The SMILES string of the molecule is Cc1ccccc1-c1noc(CN2CCCC(C(=O)NCCCSCc3cccc(Cl)c3)C2)n1. The van der Waals surface area contributed by atoms with Crippen molar-refractivity contribution in [1.82, 2.24) is 20.4 Å². The van der Waals surface area contributed by atoms with Gasteiger partial charge in [0.15, 0.2) is 0 Å². The molecular formula is C26H31ClN4O2S. The van der Waals surface area contributed by atoms with Crippen LogP contribution < -0.4 is 5.32 Å². The van der Waals surface area contributed by atoms with E-state index in [2.05, 4.69) is 26.4 Å². The van der Waals surface area contributed by atoms with Gasteiger partial charge in [-0.3, -0.25) is 9.69 Å². The molecular weight excluding hydrogens is 468 g/mol. The van der Waals surface area contributed by atoms with Gasteiger partial charge in [0.1, 0.15) is 0 Å². The second-order valence-electron chi connectivity index (χ2n) is 8.73. The maximum absolute atomic E-state index is 12.7. The smallest absolute Gasteiger partial charge is 0.241 e. The molecule has 1 aromatic heterocycles. The summed E-state index contributed by atoms with van der Waals surface area (Å²) in [4.78, 5) is 19.5. The minimum atomic E-state index is 0.00613. The van der Waals surface area contributed by atoms with Gasteiger partial charge in [0.05, 0.1) is 12.5 Å². The van der Waals surface area contributed by atoms with Crippen molar-refractivity contribution in [3.05, 3.63) is 70.6 Å². The minimum absolute atomic E-state index is 0.00613. The van der Waals surface area contributed by atoms with Crippen LogP contribution in [-0.2, 0) is 17.1 Å². The Morgan fingerprint density at radius 1 is 1.26 bits per heavy atom. The quantitative estimate of drug-likeness (QED) is 0.380. The van der Waals surface area contributed by atoms with Crippen LogP contribution in [0.3, 0.4) is 0 Å². The maximum atomic E-state index is 12.7. The Kier molecular flexibility index (Phi) is 9.02. The van der Waals surface area contributed by atoms with Crippen molar-refractivity contribution in [2.75, 3.05) is 25.4 Å². The zero-order chi connectivity index (χ0) is 23.8. The standard InChI is InChI=1S/C26H31ClN4O2S/c1-19-7-2-3-11-23(19)25-29-24(33-30-25)17-31-13-5-9-21(16-31)26(32)28-12-6-14-34-18-20-8-4-10-22(27)15-20/h2-4,7-8,10-11,15,21H,5-6,9,12-14,16-18H2,1H3,(H,28,32). The molecule has 1 fully saturated rings. The van der Waals surface area contributed by atoms with E-state index in [1.165, 1.54) is 5.56 Å². The first kappa shape index (κ1) is 24.8. The number of aromatic nitrogens is 2. The number of benzene rings is 2. The summed E-state index contributed by atoms with van der Waals surface area (Å²) in [5, 5.41) is 8.06. The van der Waals surface area contributed by atoms with Crippen LogP contribution in [0, 0.1) is 12.8 Å². The first-order chi connectivity index (χ1) is 16.6. The summed E-state index contributed by atoms with van der Waals surface area (Å²) in [6.07, 6.45) is 2.87. The number of carbonyl (C=O) groups excluding carboxylic acids is 1. The van der Waals surface area contributed by atoms with Crippen molar-refractivity contribution >= 4 is 29.3 Å². The molecule has 4 rings (SSSR count). The van der Waals surface area contributed by atoms with E-state index in [1.807, 2.05) is 61.2 Å². The average Bonchev–Trinajstić information content (AvgIpc) is 3.30. The van der Waals surface area contributed by atoms with E-state index in [0.717, 1.165) is 60.0 Å². The molecule has 1 unspecified atom stereocenters. The molecule has 1 atom stereocenters. The minimum Gasteiger partial charge on any atom is -0.356 e. The van der Waals surface area contributed by atoms with Crippen molar-refractivity contribution < 1.29 is 9.32 Å². The fourth-order valence-corrected chi connectivity index (χ4v) is 5.32. The number of hydrogen-bond donors (Lipinski definition) is 1. The molecule has 1 aliphatic rings. The van der Waals surface area contributed by atoms with Crippen LogP contribution in [0.25, 0.3) is 11.4 Å². The predicted molar refractivity (Wildman–Crippen MR) is 138 cm³/mol. The van der Waals surface area contributed by atoms with E-state index >= 15 is 0 Å². The van der Waals surface area contributed by atoms with Crippen LogP contribution in [-0.4, -0.2) is 46.3 Å². The van der Waals surface area contributed by atoms with Gasteiger partial charge >= 0.3 is 0 Å². The monoisotopic (exact) mass is 498 g/mol. The lowest BCUT2D eigenvalue weighted by atomic mass is 9.97. The molecule has 1 aliphatic heterocycles. The van der Waals surface area contributed by atoms with Gasteiger partial charge in [0.2, 0.25) is 17.6 Å². The first-order valence-electron chi connectivity index (χ1n) is 11.8. The molecule has 1 amide bonds. The molecule has 8 heteroatoms. The molecule has 2 heterocycles. The second kappa shape index (κ2) is 12.4. The third-order valence-corrected chi connectivity index (χ3v) is 7.36. The Labute approximate surface area is 210 Å². The molecule has 2 aromatic carbocycles. The lowest BCUT2D eigenvalue weighted by molar-refractivity contribution is -0.126. The fraction of sp³-hybridized carbons (Fsp3) is 0.423. The van der Waals surface area contributed by atoms with Gasteiger partial charge in [0.25, 0.3) is 0 Å². The van der Waals surface area contributed by atoms with Crippen molar-refractivity contribution in [2.24, 2.45) is 5.92 Å². The van der Waals surface area contributed by atoms with Gasteiger partial charge in [-0.2, -0.15) is 16.7 Å². The summed E-state index contributed by atoms with van der Waals surface area (Å²) >= 11 is 7.90. The summed E-state index contributed by atoms with van der Waals surface area (Å²) in [6.45, 7) is 4.98. The number of halogens is 1. The number of aryl methyl sites for hydroxylation is 1. The highest BCUT2D eigenvalue weighted by molar-refractivity contribution is 7.98. The number of thioether (sulfide) groups is 1. The predicted octanol–water partition coefficient (Wildman–Crippen LogP) is 5.35. The number of likely N-dealkylation sites (tertiary alicyclic amines) is 1. The number of amides is 1. The van der Waals surface area contributed by atoms with Crippen molar-refractivity contribution in [3.63, 3.8) is 0 Å². The second-order valence-corrected chi connectivity index (χ2v) is 10.3. The highest BCUT2D eigenvalue weighted by atomic mass is 35.5. The zero-order valence-corrected chi connectivity index (χ0v) is 21.1. The van der Waals surface area contributed by atoms with E-state index in [0.29, 0.717) is 24.8 Å². The van der Waals surface area contributed by atoms with E-state index < -0.39 is 0 Å². The summed E-state index contributed by atoms with van der Waals surface area (Å²) in [6, 6.07) is 16.0. The molecule has 0 aliphatic carbocycles. The number of hydrogen-bond acceptors (Lipinski definition) is 6. The zero-order valence-electron chi connectivity index (χ0n) is 19.5. The molecule has 180 valence electrons. The molecule has 0 saturated carbocycles. The Bertz CT molecular complexity index is 1090. The molecule has 6 nitrogen and oxygen atoms in total. The van der Waals surface area contributed by atoms with Crippen molar-refractivity contribution in [3.8, 4) is 11.4 Å². The van der Waals surface area contributed by atoms with Gasteiger partial charge in [-0.05, 0) is 61.7 Å². The van der Waals surface area contributed by atoms with E-state index in [4.69, 9.17) is 16.1 Å². The third-order valence-electron chi connectivity index (χ3n) is 6.01. The van der Waals surface area contributed by atoms with E-state index in [-0.39, 0.29) is 11.8 Å². The average molecular weight is 499 g/mol. The lowest BCUT2D eigenvalue weighted by Crippen LogP contribution is -2.43. The van der Waals surface area contributed by atoms with Gasteiger partial charge in [-0.1, -0.05) is 53.2 Å². The Hall–Kier alpha value is -2.35. The number of piperidine rings is 1. The highest BCUT2D eigenvalue weighted by Gasteiger charge is 2.26. The molecule has 34 heavy (non-hydrogen) atoms.